The Labute approximate surface area is 72.6 Å². The van der Waals surface area contributed by atoms with E-state index in [0.717, 1.165) is 0 Å². The molecular formula is C6H11BrO4. The lowest BCUT2D eigenvalue weighted by molar-refractivity contribution is -0.131. The number of rotatable bonds is 0. The van der Waals surface area contributed by atoms with Crippen molar-refractivity contribution in [2.75, 3.05) is 0 Å². The Kier molecular flexibility index (Phi) is 2.88. The van der Waals surface area contributed by atoms with E-state index < -0.39 is 24.4 Å². The fraction of sp³-hybridized carbons (Fsp3) is 1.00. The maximum Gasteiger partial charge on any atom is 0.109 e. The quantitative estimate of drug-likeness (QED) is 0.383. The number of hydrogen-bond donors (Lipinski definition) is 4. The van der Waals surface area contributed by atoms with Gasteiger partial charge in [0.2, 0.25) is 0 Å². The van der Waals surface area contributed by atoms with E-state index in [9.17, 15) is 0 Å². The molecule has 0 aromatic heterocycles. The lowest BCUT2D eigenvalue weighted by Crippen LogP contribution is -2.53. The number of hydrogen-bond acceptors (Lipinski definition) is 4. The Morgan fingerprint density at radius 3 is 2.00 bits per heavy atom. The summed E-state index contributed by atoms with van der Waals surface area (Å²) >= 11 is 3.08. The van der Waals surface area contributed by atoms with Crippen LogP contribution in [0, 0.1) is 0 Å². The van der Waals surface area contributed by atoms with Crippen LogP contribution in [0.4, 0.5) is 0 Å². The van der Waals surface area contributed by atoms with Crippen LogP contribution >= 0.6 is 15.9 Å². The molecule has 0 unspecified atom stereocenters. The highest BCUT2D eigenvalue weighted by atomic mass is 79.9. The Balaban J connectivity index is 2.63. The molecule has 1 aliphatic rings. The van der Waals surface area contributed by atoms with E-state index in [1.165, 1.54) is 0 Å². The van der Waals surface area contributed by atoms with Crippen molar-refractivity contribution < 1.29 is 20.4 Å². The van der Waals surface area contributed by atoms with Crippen LogP contribution < -0.4 is 0 Å². The molecule has 1 saturated carbocycles. The molecule has 0 heterocycles. The van der Waals surface area contributed by atoms with Gasteiger partial charge in [-0.1, -0.05) is 15.9 Å². The molecule has 4 N–H and O–H groups in total. The molecular weight excluding hydrogens is 216 g/mol. The highest BCUT2D eigenvalue weighted by Gasteiger charge is 2.40. The van der Waals surface area contributed by atoms with Gasteiger partial charge < -0.3 is 20.4 Å². The van der Waals surface area contributed by atoms with Gasteiger partial charge in [-0.25, -0.2) is 0 Å². The van der Waals surface area contributed by atoms with Crippen LogP contribution in [-0.2, 0) is 0 Å². The van der Waals surface area contributed by atoms with Crippen LogP contribution in [0.2, 0.25) is 0 Å². The van der Waals surface area contributed by atoms with E-state index >= 15 is 0 Å². The predicted molar refractivity (Wildman–Crippen MR) is 41.4 cm³/mol. The van der Waals surface area contributed by atoms with Crippen molar-refractivity contribution in [2.45, 2.75) is 35.7 Å². The molecule has 1 aliphatic carbocycles. The Morgan fingerprint density at radius 2 is 1.45 bits per heavy atom. The van der Waals surface area contributed by atoms with E-state index in [1.807, 2.05) is 0 Å². The van der Waals surface area contributed by atoms with Gasteiger partial charge in [-0.3, -0.25) is 0 Å². The van der Waals surface area contributed by atoms with E-state index in [2.05, 4.69) is 15.9 Å². The summed E-state index contributed by atoms with van der Waals surface area (Å²) in [4.78, 5) is -0.351. The third-order valence-corrected chi connectivity index (χ3v) is 2.85. The minimum atomic E-state index is -1.26. The van der Waals surface area contributed by atoms with Gasteiger partial charge in [-0.05, 0) is 6.42 Å². The molecule has 1 fully saturated rings. The predicted octanol–water partition coefficient (Wildman–Crippen LogP) is -1.40. The van der Waals surface area contributed by atoms with Crippen LogP contribution in [0.1, 0.15) is 6.42 Å². The molecule has 5 atom stereocenters. The summed E-state index contributed by atoms with van der Waals surface area (Å²) in [6.45, 7) is 0. The Morgan fingerprint density at radius 1 is 0.909 bits per heavy atom. The molecule has 5 heteroatoms. The maximum atomic E-state index is 9.17. The summed E-state index contributed by atoms with van der Waals surface area (Å²) in [7, 11) is 0. The van der Waals surface area contributed by atoms with Crippen molar-refractivity contribution in [2.24, 2.45) is 0 Å². The van der Waals surface area contributed by atoms with Gasteiger partial charge >= 0.3 is 0 Å². The third kappa shape index (κ3) is 1.73. The second-order valence-corrected chi connectivity index (χ2v) is 3.97. The molecule has 0 amide bonds. The third-order valence-electron chi connectivity index (χ3n) is 1.93. The molecule has 0 spiro atoms. The van der Waals surface area contributed by atoms with E-state index in [-0.39, 0.29) is 11.2 Å². The minimum Gasteiger partial charge on any atom is -0.390 e. The SMILES string of the molecule is O[C@H]1[C@@H](O)[C@H](Br)C[C@H](O)[C@@H]1O. The number of aliphatic hydroxyl groups excluding tert-OH is 4. The monoisotopic (exact) mass is 226 g/mol. The van der Waals surface area contributed by atoms with Crippen LogP contribution in [0.5, 0.6) is 0 Å². The summed E-state index contributed by atoms with van der Waals surface area (Å²) in [6, 6.07) is 0. The average Bonchev–Trinajstić information content (AvgIpc) is 1.97. The van der Waals surface area contributed by atoms with Crippen molar-refractivity contribution in [1.29, 1.82) is 0 Å². The first kappa shape index (κ1) is 9.41. The summed E-state index contributed by atoms with van der Waals surface area (Å²) in [5.41, 5.74) is 0. The molecule has 0 bridgehead atoms. The second kappa shape index (κ2) is 3.37. The Bertz CT molecular complexity index is 129. The lowest BCUT2D eigenvalue weighted by atomic mass is 9.90. The molecule has 11 heavy (non-hydrogen) atoms. The first-order chi connectivity index (χ1) is 5.04. The highest BCUT2D eigenvalue weighted by Crippen LogP contribution is 2.25. The number of halogens is 1. The Hall–Kier alpha value is 0.320. The van der Waals surface area contributed by atoms with Gasteiger partial charge in [0.25, 0.3) is 0 Å². The zero-order chi connectivity index (χ0) is 8.59. The summed E-state index contributed by atoms with van der Waals surface area (Å²) in [5, 5.41) is 36.4. The van der Waals surface area contributed by atoms with E-state index in [4.69, 9.17) is 20.4 Å². The van der Waals surface area contributed by atoms with Crippen LogP contribution in [0.3, 0.4) is 0 Å². The van der Waals surface area contributed by atoms with Crippen molar-refractivity contribution in [3.05, 3.63) is 0 Å². The van der Waals surface area contributed by atoms with Gasteiger partial charge in [0.15, 0.2) is 0 Å². The van der Waals surface area contributed by atoms with Crippen LogP contribution in [0.15, 0.2) is 0 Å². The van der Waals surface area contributed by atoms with Crippen molar-refractivity contribution >= 4 is 15.9 Å². The van der Waals surface area contributed by atoms with Gasteiger partial charge in [-0.15, -0.1) is 0 Å². The number of alkyl halides is 1. The molecule has 66 valence electrons. The normalized spacial score (nSPS) is 52.6. The van der Waals surface area contributed by atoms with Gasteiger partial charge in [0.05, 0.1) is 12.2 Å². The topological polar surface area (TPSA) is 80.9 Å². The van der Waals surface area contributed by atoms with Gasteiger partial charge in [0, 0.05) is 4.83 Å². The van der Waals surface area contributed by atoms with Gasteiger partial charge in [-0.2, -0.15) is 0 Å². The van der Waals surface area contributed by atoms with Crippen molar-refractivity contribution in [3.63, 3.8) is 0 Å². The standard InChI is InChI=1S/C6H11BrO4/c7-2-1-3(8)5(10)6(11)4(2)9/h2-6,8-11H,1H2/t2-,3+,4+,5+,6+/m1/s1. The van der Waals surface area contributed by atoms with E-state index in [1.54, 1.807) is 0 Å². The summed E-state index contributed by atoms with van der Waals surface area (Å²) in [6.07, 6.45) is -4.22. The molecule has 1 rings (SSSR count). The largest absolute Gasteiger partial charge is 0.390 e. The van der Waals surface area contributed by atoms with E-state index in [0.29, 0.717) is 0 Å². The van der Waals surface area contributed by atoms with Gasteiger partial charge in [0.1, 0.15) is 12.2 Å². The summed E-state index contributed by atoms with van der Waals surface area (Å²) < 4.78 is 0. The fourth-order valence-corrected chi connectivity index (χ4v) is 1.85. The van der Waals surface area contributed by atoms with Crippen molar-refractivity contribution in [1.82, 2.24) is 0 Å². The first-order valence-electron chi connectivity index (χ1n) is 3.40. The first-order valence-corrected chi connectivity index (χ1v) is 4.32. The second-order valence-electron chi connectivity index (χ2n) is 2.79. The number of aliphatic hydroxyl groups is 4. The van der Waals surface area contributed by atoms with Crippen molar-refractivity contribution in [3.8, 4) is 0 Å². The highest BCUT2D eigenvalue weighted by molar-refractivity contribution is 9.09. The zero-order valence-corrected chi connectivity index (χ0v) is 7.35. The smallest absolute Gasteiger partial charge is 0.109 e. The minimum absolute atomic E-state index is 0.249. The molecule has 0 aromatic carbocycles. The van der Waals surface area contributed by atoms with Crippen LogP contribution in [0.25, 0.3) is 0 Å². The molecule has 4 nitrogen and oxygen atoms in total. The fourth-order valence-electron chi connectivity index (χ4n) is 1.15. The van der Waals surface area contributed by atoms with Crippen LogP contribution in [-0.4, -0.2) is 49.7 Å². The molecule has 0 aliphatic heterocycles. The lowest BCUT2D eigenvalue weighted by Gasteiger charge is -2.35. The molecule has 0 radical (unpaired) electrons. The zero-order valence-electron chi connectivity index (χ0n) is 5.76. The average molecular weight is 227 g/mol. The molecule has 0 saturated heterocycles. The maximum absolute atomic E-state index is 9.17. The molecule has 0 aromatic rings. The summed E-state index contributed by atoms with van der Waals surface area (Å²) in [5.74, 6) is 0.